The fourth-order valence-corrected chi connectivity index (χ4v) is 4.05. The molecule has 2 aromatic carbocycles. The van der Waals surface area contributed by atoms with E-state index in [0.29, 0.717) is 24.8 Å². The Bertz CT molecular complexity index is 781. The summed E-state index contributed by atoms with van der Waals surface area (Å²) in [6.07, 6.45) is 2.47. The third kappa shape index (κ3) is 4.24. The predicted octanol–water partition coefficient (Wildman–Crippen LogP) is 3.74. The largest absolute Gasteiger partial charge is 0.352 e. The quantitative estimate of drug-likeness (QED) is 0.891. The topological polar surface area (TPSA) is 49.4 Å². The van der Waals surface area contributed by atoms with Crippen molar-refractivity contribution in [2.24, 2.45) is 11.8 Å². The van der Waals surface area contributed by atoms with E-state index in [2.05, 4.69) is 36.5 Å². The van der Waals surface area contributed by atoms with Crippen molar-refractivity contribution in [2.75, 3.05) is 13.1 Å². The van der Waals surface area contributed by atoms with Gasteiger partial charge in [0, 0.05) is 33.0 Å². The number of nitrogens with one attached hydrogen (secondary N) is 1. The molecule has 0 saturated carbocycles. The van der Waals surface area contributed by atoms with E-state index in [9.17, 15) is 9.59 Å². The zero-order valence-electron chi connectivity index (χ0n) is 15.7. The van der Waals surface area contributed by atoms with Crippen molar-refractivity contribution in [3.05, 3.63) is 48.0 Å². The summed E-state index contributed by atoms with van der Waals surface area (Å²) >= 11 is 0. The van der Waals surface area contributed by atoms with Crippen molar-refractivity contribution in [1.82, 2.24) is 10.2 Å². The van der Waals surface area contributed by atoms with Crippen LogP contribution >= 0.6 is 0 Å². The van der Waals surface area contributed by atoms with Gasteiger partial charge < -0.3 is 10.2 Å². The summed E-state index contributed by atoms with van der Waals surface area (Å²) < 4.78 is 0. The summed E-state index contributed by atoms with van der Waals surface area (Å²) in [5.41, 5.74) is 1.15. The molecule has 1 aliphatic rings. The maximum atomic E-state index is 12.5. The van der Waals surface area contributed by atoms with Gasteiger partial charge in [0.05, 0.1) is 0 Å². The van der Waals surface area contributed by atoms with Crippen molar-refractivity contribution in [1.29, 1.82) is 0 Å². The van der Waals surface area contributed by atoms with Gasteiger partial charge in [0.1, 0.15) is 0 Å². The van der Waals surface area contributed by atoms with Crippen LogP contribution in [0.3, 0.4) is 0 Å². The standard InChI is InChI=1S/C22H28N2O2/c1-3-17-15-24(16(2)25)12-11-19(17)13-22(26)23-14-20-9-6-8-18-7-4-5-10-21(18)20/h4-10,17,19H,3,11-15H2,1-2H3,(H,23,26)/t17-,19+/m1/s1. The van der Waals surface area contributed by atoms with Gasteiger partial charge in [-0.25, -0.2) is 0 Å². The van der Waals surface area contributed by atoms with Gasteiger partial charge in [-0.3, -0.25) is 9.59 Å². The summed E-state index contributed by atoms with van der Waals surface area (Å²) in [7, 11) is 0. The molecular weight excluding hydrogens is 324 g/mol. The van der Waals surface area contributed by atoms with Crippen LogP contribution in [0.1, 0.15) is 38.7 Å². The summed E-state index contributed by atoms with van der Waals surface area (Å²) in [5, 5.41) is 5.48. The van der Waals surface area contributed by atoms with Gasteiger partial charge in [-0.15, -0.1) is 0 Å². The molecule has 1 aliphatic heterocycles. The second-order valence-electron chi connectivity index (χ2n) is 7.30. The van der Waals surface area contributed by atoms with Crippen LogP contribution in [0.15, 0.2) is 42.5 Å². The highest BCUT2D eigenvalue weighted by Crippen LogP contribution is 2.29. The smallest absolute Gasteiger partial charge is 0.220 e. The van der Waals surface area contributed by atoms with Crippen LogP contribution in [0, 0.1) is 11.8 Å². The summed E-state index contributed by atoms with van der Waals surface area (Å²) in [6.45, 7) is 5.89. The number of likely N-dealkylation sites (tertiary alicyclic amines) is 1. The molecule has 2 aromatic rings. The third-order valence-corrected chi connectivity index (χ3v) is 5.66. The van der Waals surface area contributed by atoms with Gasteiger partial charge in [0.15, 0.2) is 0 Å². The lowest BCUT2D eigenvalue weighted by molar-refractivity contribution is -0.132. The number of piperidine rings is 1. The number of hydrogen-bond acceptors (Lipinski definition) is 2. The van der Waals surface area contributed by atoms with Crippen LogP contribution in [0.2, 0.25) is 0 Å². The lowest BCUT2D eigenvalue weighted by atomic mass is 9.81. The van der Waals surface area contributed by atoms with E-state index in [1.807, 2.05) is 23.1 Å². The van der Waals surface area contributed by atoms with E-state index >= 15 is 0 Å². The summed E-state index contributed by atoms with van der Waals surface area (Å²) in [6, 6.07) is 14.5. The zero-order chi connectivity index (χ0) is 18.5. The van der Waals surface area contributed by atoms with E-state index < -0.39 is 0 Å². The van der Waals surface area contributed by atoms with Crippen LogP contribution in [-0.4, -0.2) is 29.8 Å². The first-order valence-corrected chi connectivity index (χ1v) is 9.57. The minimum Gasteiger partial charge on any atom is -0.352 e. The second-order valence-corrected chi connectivity index (χ2v) is 7.30. The normalized spacial score (nSPS) is 20.2. The Morgan fingerprint density at radius 1 is 1.12 bits per heavy atom. The SMILES string of the molecule is CC[C@@H]1CN(C(C)=O)CC[C@H]1CC(=O)NCc1cccc2ccccc12. The molecule has 1 heterocycles. The number of amides is 2. The summed E-state index contributed by atoms with van der Waals surface area (Å²) in [4.78, 5) is 26.0. The van der Waals surface area contributed by atoms with E-state index in [0.717, 1.165) is 31.5 Å². The first-order valence-electron chi connectivity index (χ1n) is 9.57. The maximum Gasteiger partial charge on any atom is 0.220 e. The highest BCUT2D eigenvalue weighted by atomic mass is 16.2. The molecule has 3 rings (SSSR count). The predicted molar refractivity (Wildman–Crippen MR) is 105 cm³/mol. The van der Waals surface area contributed by atoms with Gasteiger partial charge in [0.2, 0.25) is 11.8 Å². The van der Waals surface area contributed by atoms with Crippen LogP contribution in [-0.2, 0) is 16.1 Å². The first kappa shape index (κ1) is 18.4. The molecule has 4 nitrogen and oxygen atoms in total. The Labute approximate surface area is 155 Å². The Balaban J connectivity index is 1.58. The molecule has 2 amide bonds. The molecule has 4 heteroatoms. The second kappa shape index (κ2) is 8.35. The molecule has 0 unspecified atom stereocenters. The fourth-order valence-electron chi connectivity index (χ4n) is 4.05. The number of carbonyl (C=O) groups is 2. The Hall–Kier alpha value is -2.36. The lowest BCUT2D eigenvalue weighted by Gasteiger charge is -2.37. The number of benzene rings is 2. The number of carbonyl (C=O) groups excluding carboxylic acids is 2. The lowest BCUT2D eigenvalue weighted by Crippen LogP contribution is -2.43. The molecule has 1 fully saturated rings. The third-order valence-electron chi connectivity index (χ3n) is 5.66. The van der Waals surface area contributed by atoms with Gasteiger partial charge in [-0.05, 0) is 34.6 Å². The number of hydrogen-bond donors (Lipinski definition) is 1. The monoisotopic (exact) mass is 352 g/mol. The van der Waals surface area contributed by atoms with Crippen LogP contribution in [0.4, 0.5) is 0 Å². The van der Waals surface area contributed by atoms with Gasteiger partial charge in [-0.1, -0.05) is 55.8 Å². The fraction of sp³-hybridized carbons (Fsp3) is 0.455. The van der Waals surface area contributed by atoms with E-state index in [1.165, 1.54) is 10.8 Å². The van der Waals surface area contributed by atoms with Gasteiger partial charge in [0.25, 0.3) is 0 Å². The number of fused-ring (bicyclic) bond motifs is 1. The van der Waals surface area contributed by atoms with Crippen LogP contribution in [0.5, 0.6) is 0 Å². The van der Waals surface area contributed by atoms with Crippen molar-refractivity contribution < 1.29 is 9.59 Å². The molecule has 26 heavy (non-hydrogen) atoms. The van der Waals surface area contributed by atoms with Gasteiger partial charge >= 0.3 is 0 Å². The Morgan fingerprint density at radius 2 is 1.88 bits per heavy atom. The van der Waals surface area contributed by atoms with Crippen LogP contribution < -0.4 is 5.32 Å². The average molecular weight is 352 g/mol. The molecule has 0 radical (unpaired) electrons. The molecule has 1 N–H and O–H groups in total. The highest BCUT2D eigenvalue weighted by Gasteiger charge is 2.30. The Morgan fingerprint density at radius 3 is 2.65 bits per heavy atom. The first-order chi connectivity index (χ1) is 12.6. The van der Waals surface area contributed by atoms with Crippen molar-refractivity contribution in [3.8, 4) is 0 Å². The zero-order valence-corrected chi connectivity index (χ0v) is 15.7. The highest BCUT2D eigenvalue weighted by molar-refractivity contribution is 5.86. The van der Waals surface area contributed by atoms with Gasteiger partial charge in [-0.2, -0.15) is 0 Å². The van der Waals surface area contributed by atoms with Crippen LogP contribution in [0.25, 0.3) is 10.8 Å². The van der Waals surface area contributed by atoms with Crippen molar-refractivity contribution in [2.45, 2.75) is 39.7 Å². The maximum absolute atomic E-state index is 12.5. The molecule has 138 valence electrons. The Kier molecular flexibility index (Phi) is 5.92. The van der Waals surface area contributed by atoms with E-state index in [1.54, 1.807) is 6.92 Å². The number of rotatable bonds is 5. The number of nitrogens with zero attached hydrogens (tertiary/aromatic N) is 1. The molecule has 1 saturated heterocycles. The van der Waals surface area contributed by atoms with E-state index in [4.69, 9.17) is 0 Å². The minimum atomic E-state index is 0.109. The van der Waals surface area contributed by atoms with Crippen molar-refractivity contribution in [3.63, 3.8) is 0 Å². The molecule has 0 bridgehead atoms. The molecule has 0 spiro atoms. The molecule has 0 aromatic heterocycles. The van der Waals surface area contributed by atoms with E-state index in [-0.39, 0.29) is 11.8 Å². The molecule has 2 atom stereocenters. The van der Waals surface area contributed by atoms with Crippen molar-refractivity contribution >= 4 is 22.6 Å². The average Bonchev–Trinajstić information content (AvgIpc) is 2.66. The molecular formula is C22H28N2O2. The summed E-state index contributed by atoms with van der Waals surface area (Å²) in [5.74, 6) is 1.03. The minimum absolute atomic E-state index is 0.109. The molecule has 0 aliphatic carbocycles.